The molecule has 3 atom stereocenters. The molecule has 1 N–H and O–H groups in total. The molecule has 0 spiro atoms. The molecule has 0 amide bonds. The zero-order valence-electron chi connectivity index (χ0n) is 14.0. The maximum atomic E-state index is 14.2. The van der Waals surface area contributed by atoms with Crippen LogP contribution in [-0.4, -0.2) is 40.9 Å². The molecule has 26 heavy (non-hydrogen) atoms. The second kappa shape index (κ2) is 9.45. The van der Waals surface area contributed by atoms with Crippen LogP contribution in [0.4, 0.5) is 4.39 Å². The Morgan fingerprint density at radius 2 is 1.65 bits per heavy atom. The molecule has 138 valence electrons. The van der Waals surface area contributed by atoms with Gasteiger partial charge in [-0.15, -0.1) is 0 Å². The number of hydrogen-bond acceptors (Lipinski definition) is 5. The lowest BCUT2D eigenvalue weighted by atomic mass is 10.1. The Hall–Kier alpha value is -2.25. The van der Waals surface area contributed by atoms with Crippen molar-refractivity contribution in [2.24, 2.45) is 0 Å². The van der Waals surface area contributed by atoms with Crippen LogP contribution >= 0.6 is 15.9 Å². The number of benzene rings is 2. The quantitative estimate of drug-likeness (QED) is 0.418. The highest BCUT2D eigenvalue weighted by Gasteiger charge is 2.35. The summed E-state index contributed by atoms with van der Waals surface area (Å²) in [7, 11) is 0. The maximum Gasteiger partial charge on any atom is 0.340 e. The zero-order valence-corrected chi connectivity index (χ0v) is 15.6. The Morgan fingerprint density at radius 1 is 1.04 bits per heavy atom. The minimum absolute atomic E-state index is 0.191. The molecule has 2 rings (SSSR count). The fourth-order valence-electron chi connectivity index (χ4n) is 2.21. The molecule has 7 heteroatoms. The molecule has 0 aliphatic carbocycles. The van der Waals surface area contributed by atoms with E-state index in [0.29, 0.717) is 5.56 Å². The van der Waals surface area contributed by atoms with Crippen molar-refractivity contribution in [3.05, 3.63) is 71.3 Å². The van der Waals surface area contributed by atoms with Gasteiger partial charge in [0.25, 0.3) is 0 Å². The highest BCUT2D eigenvalue weighted by atomic mass is 79.9. The van der Waals surface area contributed by atoms with Crippen molar-refractivity contribution in [3.63, 3.8) is 0 Å². The Morgan fingerprint density at radius 3 is 2.27 bits per heavy atom. The van der Waals surface area contributed by atoms with Crippen LogP contribution in [0, 0.1) is 6.92 Å². The summed E-state index contributed by atoms with van der Waals surface area (Å²) in [6.07, 6.45) is -5.40. The van der Waals surface area contributed by atoms with Gasteiger partial charge in [-0.05, 0) is 30.7 Å². The summed E-state index contributed by atoms with van der Waals surface area (Å²) in [5.74, 6) is -1.66. The lowest BCUT2D eigenvalue weighted by Crippen LogP contribution is -2.42. The van der Waals surface area contributed by atoms with Gasteiger partial charge in [0.15, 0.2) is 12.3 Å². The molecule has 0 aromatic heterocycles. The van der Waals surface area contributed by atoms with Crippen LogP contribution in [0.15, 0.2) is 54.6 Å². The predicted octanol–water partition coefficient (Wildman–Crippen LogP) is 3.43. The first kappa shape index (κ1) is 20.1. The van der Waals surface area contributed by atoms with E-state index in [2.05, 4.69) is 15.9 Å². The first-order valence-corrected chi connectivity index (χ1v) is 8.97. The maximum absolute atomic E-state index is 14.2. The molecule has 0 aliphatic rings. The molecule has 5 nitrogen and oxygen atoms in total. The van der Waals surface area contributed by atoms with Crippen LogP contribution < -0.4 is 0 Å². The lowest BCUT2D eigenvalue weighted by Gasteiger charge is -2.25. The van der Waals surface area contributed by atoms with Crippen molar-refractivity contribution in [1.29, 1.82) is 0 Å². The number of carbonyl (C=O) groups is 2. The molecule has 2 aromatic carbocycles. The van der Waals surface area contributed by atoms with Crippen molar-refractivity contribution in [3.8, 4) is 0 Å². The number of rotatable bonds is 7. The van der Waals surface area contributed by atoms with Gasteiger partial charge >= 0.3 is 11.9 Å². The molecule has 0 heterocycles. The third kappa shape index (κ3) is 5.12. The number of alkyl halides is 2. The highest BCUT2D eigenvalue weighted by molar-refractivity contribution is 9.09. The standard InChI is InChI=1S/C19H18BrFO5/c1-12-7-5-6-10-14(12)18(23)26-19(24)16(15(21)11-20)25-17(22)13-8-3-2-4-9-13/h2-10,15-16,19,24H,11H2,1H3. The number of halogens is 2. The Kier molecular flexibility index (Phi) is 7.29. The topological polar surface area (TPSA) is 72.8 Å². The average molecular weight is 425 g/mol. The van der Waals surface area contributed by atoms with Gasteiger partial charge in [-0.3, -0.25) is 0 Å². The number of aryl methyl sites for hydroxylation is 1. The summed E-state index contributed by atoms with van der Waals surface area (Å²) in [6, 6.07) is 14.5. The largest absolute Gasteiger partial charge is 0.449 e. The molecule has 3 unspecified atom stereocenters. The van der Waals surface area contributed by atoms with Gasteiger partial charge in [0.1, 0.15) is 0 Å². The van der Waals surface area contributed by atoms with E-state index in [9.17, 15) is 19.1 Å². The van der Waals surface area contributed by atoms with Crippen molar-refractivity contribution in [2.75, 3.05) is 5.33 Å². The van der Waals surface area contributed by atoms with Crippen LogP contribution in [0.2, 0.25) is 0 Å². The van der Waals surface area contributed by atoms with E-state index < -0.39 is 30.5 Å². The normalized spacial score (nSPS) is 14.2. The highest BCUT2D eigenvalue weighted by Crippen LogP contribution is 2.18. The van der Waals surface area contributed by atoms with Crippen LogP contribution in [0.25, 0.3) is 0 Å². The Labute approximate surface area is 158 Å². The van der Waals surface area contributed by atoms with Gasteiger partial charge in [-0.25, -0.2) is 14.0 Å². The van der Waals surface area contributed by atoms with Crippen molar-refractivity contribution >= 4 is 27.9 Å². The molecule has 0 saturated carbocycles. The SMILES string of the molecule is Cc1ccccc1C(=O)OC(O)C(OC(=O)c1ccccc1)C(F)CBr. The molecule has 0 fully saturated rings. The summed E-state index contributed by atoms with van der Waals surface area (Å²) >= 11 is 2.93. The molecule has 0 radical (unpaired) electrons. The van der Waals surface area contributed by atoms with Crippen LogP contribution in [-0.2, 0) is 9.47 Å². The minimum Gasteiger partial charge on any atom is -0.449 e. The zero-order chi connectivity index (χ0) is 19.1. The number of aliphatic hydroxyl groups is 1. The summed E-state index contributed by atoms with van der Waals surface area (Å²) in [4.78, 5) is 24.3. The number of aliphatic hydroxyl groups excluding tert-OH is 1. The second-order valence-electron chi connectivity index (χ2n) is 5.52. The summed E-state index contributed by atoms with van der Waals surface area (Å²) in [5.41, 5.74) is 1.06. The van der Waals surface area contributed by atoms with Gasteiger partial charge in [0.05, 0.1) is 11.1 Å². The van der Waals surface area contributed by atoms with Crippen LogP contribution in [0.1, 0.15) is 26.3 Å². The first-order valence-electron chi connectivity index (χ1n) is 7.84. The third-order valence-corrected chi connectivity index (χ3v) is 4.25. The molecule has 2 aromatic rings. The summed E-state index contributed by atoms with van der Waals surface area (Å²) in [6.45, 7) is 1.70. The number of ether oxygens (including phenoxy) is 2. The Balaban J connectivity index is 2.12. The molecule has 0 bridgehead atoms. The monoisotopic (exact) mass is 424 g/mol. The first-order chi connectivity index (χ1) is 12.4. The molecular weight excluding hydrogens is 407 g/mol. The van der Waals surface area contributed by atoms with Gasteiger partial charge in [0, 0.05) is 5.33 Å². The van der Waals surface area contributed by atoms with E-state index in [4.69, 9.17) is 9.47 Å². The number of hydrogen-bond donors (Lipinski definition) is 1. The van der Waals surface area contributed by atoms with Crippen LogP contribution in [0.3, 0.4) is 0 Å². The van der Waals surface area contributed by atoms with Crippen molar-refractivity contribution in [2.45, 2.75) is 25.5 Å². The van der Waals surface area contributed by atoms with E-state index in [1.54, 1.807) is 43.3 Å². The van der Waals surface area contributed by atoms with E-state index in [1.165, 1.54) is 18.2 Å². The molecule has 0 aliphatic heterocycles. The smallest absolute Gasteiger partial charge is 0.340 e. The number of esters is 2. The van der Waals surface area contributed by atoms with Crippen molar-refractivity contribution in [1.82, 2.24) is 0 Å². The fraction of sp³-hybridized carbons (Fsp3) is 0.263. The lowest BCUT2D eigenvalue weighted by molar-refractivity contribution is -0.149. The molecule has 0 saturated heterocycles. The van der Waals surface area contributed by atoms with Gasteiger partial charge in [-0.1, -0.05) is 52.3 Å². The summed E-state index contributed by atoms with van der Waals surface area (Å²) in [5, 5.41) is 9.94. The van der Waals surface area contributed by atoms with Gasteiger partial charge in [-0.2, -0.15) is 0 Å². The number of carbonyl (C=O) groups excluding carboxylic acids is 2. The molecular formula is C19H18BrFO5. The van der Waals surface area contributed by atoms with E-state index >= 15 is 0 Å². The van der Waals surface area contributed by atoms with Gasteiger partial charge in [0.2, 0.25) is 6.29 Å². The van der Waals surface area contributed by atoms with Crippen molar-refractivity contribution < 1.29 is 28.6 Å². The second-order valence-corrected chi connectivity index (χ2v) is 6.16. The predicted molar refractivity (Wildman–Crippen MR) is 96.9 cm³/mol. The summed E-state index contributed by atoms with van der Waals surface area (Å²) < 4.78 is 24.1. The Bertz CT molecular complexity index is 753. The van der Waals surface area contributed by atoms with E-state index in [-0.39, 0.29) is 16.5 Å². The third-order valence-electron chi connectivity index (χ3n) is 3.63. The van der Waals surface area contributed by atoms with Crippen LogP contribution in [0.5, 0.6) is 0 Å². The fourth-order valence-corrected chi connectivity index (χ4v) is 2.57. The van der Waals surface area contributed by atoms with E-state index in [1.807, 2.05) is 0 Å². The average Bonchev–Trinajstić information content (AvgIpc) is 2.66. The van der Waals surface area contributed by atoms with Gasteiger partial charge < -0.3 is 14.6 Å². The van der Waals surface area contributed by atoms with E-state index in [0.717, 1.165) is 0 Å². The minimum atomic E-state index is -1.96.